The lowest BCUT2D eigenvalue weighted by atomic mass is 9.98. The van der Waals surface area contributed by atoms with Gasteiger partial charge in [-0.3, -0.25) is 4.79 Å². The summed E-state index contributed by atoms with van der Waals surface area (Å²) in [6, 6.07) is 0. The van der Waals surface area contributed by atoms with Crippen LogP contribution < -0.4 is 0 Å². The maximum atomic E-state index is 13.1. The van der Waals surface area contributed by atoms with Gasteiger partial charge in [-0.25, -0.2) is 0 Å². The van der Waals surface area contributed by atoms with Gasteiger partial charge in [-0.1, -0.05) is 242 Å². The minimum Gasteiger partial charge on any atom is -0.457 e. The molecule has 2 aliphatic rings. The van der Waals surface area contributed by atoms with Crippen molar-refractivity contribution in [3.05, 3.63) is 60.8 Å². The first-order valence-corrected chi connectivity index (χ1v) is 31.9. The Balaban J connectivity index is 1.67. The maximum absolute atomic E-state index is 13.1. The van der Waals surface area contributed by atoms with Gasteiger partial charge in [0.25, 0.3) is 0 Å². The Morgan fingerprint density at radius 1 is 0.430 bits per heavy atom. The normalized spacial score (nSPS) is 24.4. The van der Waals surface area contributed by atoms with Crippen LogP contribution in [-0.2, 0) is 33.2 Å². The summed E-state index contributed by atoms with van der Waals surface area (Å²) in [5, 5.41) is 72.5. The van der Waals surface area contributed by atoms with Gasteiger partial charge in [-0.15, -0.1) is 0 Å². The summed E-state index contributed by atoms with van der Waals surface area (Å²) >= 11 is 0. The van der Waals surface area contributed by atoms with Crippen LogP contribution in [0.4, 0.5) is 0 Å². The van der Waals surface area contributed by atoms with Crippen LogP contribution in [0, 0.1) is 0 Å². The number of carbonyl (C=O) groups excluding carboxylic acids is 1. The van der Waals surface area contributed by atoms with Crippen molar-refractivity contribution in [2.75, 3.05) is 33.0 Å². The Kier molecular flexibility index (Phi) is 47.3. The first-order chi connectivity index (χ1) is 38.6. The van der Waals surface area contributed by atoms with Crippen molar-refractivity contribution >= 4 is 5.97 Å². The second-order valence-electron chi connectivity index (χ2n) is 22.2. The van der Waals surface area contributed by atoms with E-state index in [0.29, 0.717) is 13.0 Å². The third-order valence-electron chi connectivity index (χ3n) is 15.0. The van der Waals surface area contributed by atoms with Gasteiger partial charge in [0.1, 0.15) is 54.9 Å². The van der Waals surface area contributed by atoms with Crippen molar-refractivity contribution in [3.8, 4) is 0 Å². The fourth-order valence-electron chi connectivity index (χ4n) is 9.96. The minimum atomic E-state index is -1.71. The molecule has 11 unspecified atom stereocenters. The van der Waals surface area contributed by atoms with Crippen LogP contribution in [0.1, 0.15) is 245 Å². The SMILES string of the molecule is CC/C=C\C/C=C\C/C=C\C/C=C\C/C=C\CCCCCCCCCCCCOCC(COC1OC(COC2OC(CO)C(O)C(O)C2O)C(O)C(O)C1O)OC(=O)CCCCCCCCCCCCCCCCCCCCC. The largest absolute Gasteiger partial charge is 0.457 e. The van der Waals surface area contributed by atoms with Crippen LogP contribution in [0.15, 0.2) is 60.8 Å². The van der Waals surface area contributed by atoms with Gasteiger partial charge >= 0.3 is 5.97 Å². The van der Waals surface area contributed by atoms with Crippen molar-refractivity contribution in [1.29, 1.82) is 0 Å². The summed E-state index contributed by atoms with van der Waals surface area (Å²) in [7, 11) is 0. The molecular weight excluding hydrogens is 1000 g/mol. The third kappa shape index (κ3) is 37.5. The van der Waals surface area contributed by atoms with E-state index in [1.165, 1.54) is 141 Å². The number of ether oxygens (including phenoxy) is 6. The molecule has 0 aromatic heterocycles. The summed E-state index contributed by atoms with van der Waals surface area (Å²) in [5.74, 6) is -0.374. The average Bonchev–Trinajstić information content (AvgIpc) is 3.46. The van der Waals surface area contributed by atoms with Gasteiger partial charge < -0.3 is 64.2 Å². The lowest BCUT2D eigenvalue weighted by Gasteiger charge is -2.42. The number of hydrogen-bond donors (Lipinski definition) is 7. The first-order valence-electron chi connectivity index (χ1n) is 31.9. The van der Waals surface area contributed by atoms with E-state index in [1.54, 1.807) is 0 Å². The Morgan fingerprint density at radius 3 is 1.29 bits per heavy atom. The fourth-order valence-corrected chi connectivity index (χ4v) is 9.96. The van der Waals surface area contributed by atoms with E-state index >= 15 is 0 Å². The van der Waals surface area contributed by atoms with Crippen LogP contribution in [-0.4, -0.2) is 142 Å². The van der Waals surface area contributed by atoms with Crippen molar-refractivity contribution in [2.45, 2.75) is 313 Å². The molecule has 2 fully saturated rings. The van der Waals surface area contributed by atoms with E-state index < -0.39 is 80.7 Å². The molecule has 0 aliphatic carbocycles. The molecule has 14 heteroatoms. The number of rotatable bonds is 52. The molecule has 7 N–H and O–H groups in total. The molecule has 0 spiro atoms. The van der Waals surface area contributed by atoms with Crippen LogP contribution in [0.25, 0.3) is 0 Å². The molecule has 11 atom stereocenters. The number of unbranched alkanes of at least 4 members (excludes halogenated alkanes) is 28. The second kappa shape index (κ2) is 51.3. The Hall–Kier alpha value is -2.31. The van der Waals surface area contributed by atoms with Crippen LogP contribution >= 0.6 is 0 Å². The van der Waals surface area contributed by atoms with Crippen molar-refractivity contribution < 1.29 is 69.0 Å². The van der Waals surface area contributed by atoms with Crippen LogP contribution in [0.5, 0.6) is 0 Å². The number of allylic oxidation sites excluding steroid dienone is 10. The molecular formula is C65H116O14. The van der Waals surface area contributed by atoms with Crippen LogP contribution in [0.3, 0.4) is 0 Å². The molecule has 0 saturated carbocycles. The Labute approximate surface area is 479 Å². The van der Waals surface area contributed by atoms with E-state index in [2.05, 4.69) is 74.6 Å². The molecule has 79 heavy (non-hydrogen) atoms. The fraction of sp³-hybridized carbons (Fsp3) is 0.831. The highest BCUT2D eigenvalue weighted by Gasteiger charge is 2.47. The zero-order valence-electron chi connectivity index (χ0n) is 49.6. The Bertz CT molecular complexity index is 1540. The molecule has 14 nitrogen and oxygen atoms in total. The van der Waals surface area contributed by atoms with Crippen molar-refractivity contribution in [1.82, 2.24) is 0 Å². The van der Waals surface area contributed by atoms with E-state index in [9.17, 15) is 40.5 Å². The highest BCUT2D eigenvalue weighted by Crippen LogP contribution is 2.27. The number of carbonyl (C=O) groups is 1. The molecule has 2 heterocycles. The highest BCUT2D eigenvalue weighted by molar-refractivity contribution is 5.69. The van der Waals surface area contributed by atoms with Crippen molar-refractivity contribution in [2.24, 2.45) is 0 Å². The second-order valence-corrected chi connectivity index (χ2v) is 22.2. The topological polar surface area (TPSA) is 214 Å². The predicted molar refractivity (Wildman–Crippen MR) is 316 cm³/mol. The van der Waals surface area contributed by atoms with Gasteiger partial charge in [-0.05, 0) is 57.8 Å². The van der Waals surface area contributed by atoms with Gasteiger partial charge in [0, 0.05) is 13.0 Å². The van der Waals surface area contributed by atoms with E-state index in [1.807, 2.05) is 0 Å². The number of aliphatic hydroxyl groups is 7. The summed E-state index contributed by atoms with van der Waals surface area (Å²) in [6.07, 6.45) is 48.5. The molecule has 0 aromatic carbocycles. The Morgan fingerprint density at radius 2 is 0.823 bits per heavy atom. The molecule has 460 valence electrons. The summed E-state index contributed by atoms with van der Waals surface area (Å²) in [5.41, 5.74) is 0. The molecule has 0 amide bonds. The van der Waals surface area contributed by atoms with Gasteiger partial charge in [0.2, 0.25) is 0 Å². The van der Waals surface area contributed by atoms with Crippen molar-refractivity contribution in [3.63, 3.8) is 0 Å². The van der Waals surface area contributed by atoms with Gasteiger partial charge in [0.05, 0.1) is 26.4 Å². The molecule has 2 saturated heterocycles. The van der Waals surface area contributed by atoms with E-state index in [-0.39, 0.29) is 25.6 Å². The highest BCUT2D eigenvalue weighted by atomic mass is 16.7. The average molecular weight is 1120 g/mol. The maximum Gasteiger partial charge on any atom is 0.306 e. The number of aliphatic hydroxyl groups excluding tert-OH is 7. The predicted octanol–water partition coefficient (Wildman–Crippen LogP) is 12.4. The van der Waals surface area contributed by atoms with Gasteiger partial charge in [0.15, 0.2) is 12.6 Å². The summed E-state index contributed by atoms with van der Waals surface area (Å²) in [6.45, 7) is 3.60. The molecule has 0 radical (unpaired) electrons. The third-order valence-corrected chi connectivity index (χ3v) is 15.0. The summed E-state index contributed by atoms with van der Waals surface area (Å²) < 4.78 is 34.5. The van der Waals surface area contributed by atoms with Gasteiger partial charge in [-0.2, -0.15) is 0 Å². The zero-order chi connectivity index (χ0) is 57.2. The molecule has 2 aliphatic heterocycles. The zero-order valence-corrected chi connectivity index (χ0v) is 49.6. The first kappa shape index (κ1) is 72.8. The standard InChI is InChI=1S/C65H116O14/c1-3-5-7-9-11-13-15-17-19-21-23-24-25-26-27-28-29-31-33-35-37-39-41-43-45-47-49-74-51-54(77-57(67)48-46-44-42-40-38-36-34-32-30-22-20-18-16-14-12-10-8-6-4-2)52-75-64-63(73)61(71)59(69)56(79-64)53-76-65-62(72)60(70)58(68)55(50-66)78-65/h5,7,11,13,17,19,23-24,26-27,54-56,58-66,68-73H,3-4,6,8-10,12,14-16,18,20-22,25,28-53H2,1-2H3/b7-5-,13-11-,19-17-,24-23-,27-26-. The molecule has 0 bridgehead atoms. The van der Waals surface area contributed by atoms with E-state index in [0.717, 1.165) is 77.0 Å². The minimum absolute atomic E-state index is 0.0592. The van der Waals surface area contributed by atoms with Crippen LogP contribution in [0.2, 0.25) is 0 Å². The number of hydrogen-bond acceptors (Lipinski definition) is 14. The lowest BCUT2D eigenvalue weighted by molar-refractivity contribution is -0.332. The lowest BCUT2D eigenvalue weighted by Crippen LogP contribution is -2.61. The quantitative estimate of drug-likeness (QED) is 0.0172. The summed E-state index contributed by atoms with van der Waals surface area (Å²) in [4.78, 5) is 13.1. The van der Waals surface area contributed by atoms with E-state index in [4.69, 9.17) is 28.4 Å². The monoisotopic (exact) mass is 1120 g/mol. The smallest absolute Gasteiger partial charge is 0.306 e. The molecule has 2 rings (SSSR count). The molecule has 0 aromatic rings. The number of esters is 1.